The molecule has 0 aliphatic carbocycles. The fraction of sp³-hybridized carbons (Fsp3) is 0.538. The van der Waals surface area contributed by atoms with Crippen molar-refractivity contribution >= 4 is 5.69 Å². The molecule has 6 heteroatoms. The molecule has 2 unspecified atom stereocenters. The van der Waals surface area contributed by atoms with E-state index < -0.39 is 22.5 Å². The van der Waals surface area contributed by atoms with E-state index >= 15 is 0 Å². The normalized spacial score (nSPS) is 14.4. The van der Waals surface area contributed by atoms with Gasteiger partial charge >= 0.3 is 5.69 Å². The number of hydrogen-bond acceptors (Lipinski definition) is 4. The van der Waals surface area contributed by atoms with Gasteiger partial charge in [-0.05, 0) is 24.1 Å². The third-order valence-electron chi connectivity index (χ3n) is 3.01. The monoisotopic (exact) mass is 270 g/mol. The molecule has 0 bridgehead atoms. The molecule has 2 atom stereocenters. The second kappa shape index (κ2) is 6.58. The highest BCUT2D eigenvalue weighted by atomic mass is 19.1. The molecule has 0 saturated heterocycles. The highest BCUT2D eigenvalue weighted by Gasteiger charge is 2.25. The smallest absolute Gasteiger partial charge is 0.305 e. The highest BCUT2D eigenvalue weighted by Crippen LogP contribution is 2.26. The van der Waals surface area contributed by atoms with Crippen LogP contribution in [-0.2, 0) is 0 Å². The Labute approximate surface area is 111 Å². The summed E-state index contributed by atoms with van der Waals surface area (Å²) in [6.07, 6.45) is -0.917. The quantitative estimate of drug-likeness (QED) is 0.615. The number of halogens is 1. The van der Waals surface area contributed by atoms with Gasteiger partial charge in [0.1, 0.15) is 0 Å². The maximum Gasteiger partial charge on any atom is 0.305 e. The molecule has 106 valence electrons. The van der Waals surface area contributed by atoms with Crippen LogP contribution < -0.4 is 5.32 Å². The molecule has 0 amide bonds. The topological polar surface area (TPSA) is 75.4 Å². The molecule has 0 aliphatic heterocycles. The van der Waals surface area contributed by atoms with Crippen LogP contribution in [0, 0.1) is 21.8 Å². The Bertz CT molecular complexity index is 452. The average Bonchev–Trinajstić information content (AvgIpc) is 2.35. The van der Waals surface area contributed by atoms with Crippen molar-refractivity contribution in [3.05, 3.63) is 39.7 Å². The summed E-state index contributed by atoms with van der Waals surface area (Å²) >= 11 is 0. The summed E-state index contributed by atoms with van der Waals surface area (Å²) in [7, 11) is 0. The van der Waals surface area contributed by atoms with Crippen LogP contribution in [0.2, 0.25) is 0 Å². The molecule has 5 nitrogen and oxygen atoms in total. The van der Waals surface area contributed by atoms with Crippen LogP contribution >= 0.6 is 0 Å². The van der Waals surface area contributed by atoms with Crippen molar-refractivity contribution in [3.63, 3.8) is 0 Å². The molecule has 0 fully saturated rings. The Kier molecular flexibility index (Phi) is 5.38. The number of nitrogens with one attached hydrogen (secondary N) is 1. The van der Waals surface area contributed by atoms with Gasteiger partial charge in [0.2, 0.25) is 5.82 Å². The third-order valence-corrected chi connectivity index (χ3v) is 3.01. The second-order valence-corrected chi connectivity index (χ2v) is 4.74. The summed E-state index contributed by atoms with van der Waals surface area (Å²) in [5.41, 5.74) is -0.275. The summed E-state index contributed by atoms with van der Waals surface area (Å²) in [5, 5.41) is 24.1. The molecular formula is C13H19FN2O3. The largest absolute Gasteiger partial charge is 0.387 e. The van der Waals surface area contributed by atoms with Gasteiger partial charge in [0, 0.05) is 12.1 Å². The van der Waals surface area contributed by atoms with Gasteiger partial charge in [-0.2, -0.15) is 4.39 Å². The van der Waals surface area contributed by atoms with E-state index in [4.69, 9.17) is 0 Å². The van der Waals surface area contributed by atoms with Gasteiger partial charge in [-0.15, -0.1) is 0 Å². The van der Waals surface area contributed by atoms with E-state index in [-0.39, 0.29) is 12.0 Å². The minimum absolute atomic E-state index is 0.138. The Morgan fingerprint density at radius 2 is 2.11 bits per heavy atom. The van der Waals surface area contributed by atoms with Crippen molar-refractivity contribution in [1.82, 2.24) is 5.32 Å². The van der Waals surface area contributed by atoms with Crippen LogP contribution in [0.25, 0.3) is 0 Å². The number of benzene rings is 1. The predicted molar refractivity (Wildman–Crippen MR) is 70.3 cm³/mol. The van der Waals surface area contributed by atoms with E-state index in [0.29, 0.717) is 12.1 Å². The number of likely N-dealkylation sites (N-methyl/N-ethyl adjacent to an activating group) is 1. The lowest BCUT2D eigenvalue weighted by Gasteiger charge is -2.27. The standard InChI is InChI=1S/C13H19FN2O3/c1-4-15-12(8(2)3)13(17)9-5-6-10(14)11(7-9)16(18)19/h5-8,12-13,15,17H,4H2,1-3H3. The zero-order chi connectivity index (χ0) is 14.6. The van der Waals surface area contributed by atoms with Crippen molar-refractivity contribution < 1.29 is 14.4 Å². The second-order valence-electron chi connectivity index (χ2n) is 4.74. The fourth-order valence-electron chi connectivity index (χ4n) is 2.01. The van der Waals surface area contributed by atoms with Crippen molar-refractivity contribution in [2.75, 3.05) is 6.54 Å². The van der Waals surface area contributed by atoms with Crippen LogP contribution in [0.15, 0.2) is 18.2 Å². The zero-order valence-corrected chi connectivity index (χ0v) is 11.3. The van der Waals surface area contributed by atoms with Gasteiger partial charge in [-0.25, -0.2) is 0 Å². The molecule has 1 aromatic rings. The fourth-order valence-corrected chi connectivity index (χ4v) is 2.01. The van der Waals surface area contributed by atoms with Crippen molar-refractivity contribution in [1.29, 1.82) is 0 Å². The Balaban J connectivity index is 3.07. The van der Waals surface area contributed by atoms with Gasteiger partial charge in [-0.1, -0.05) is 26.8 Å². The molecule has 2 N–H and O–H groups in total. The number of aliphatic hydroxyl groups is 1. The average molecular weight is 270 g/mol. The molecular weight excluding hydrogens is 251 g/mol. The van der Waals surface area contributed by atoms with Crippen molar-refractivity contribution in [3.8, 4) is 0 Å². The molecule has 0 saturated carbocycles. The molecule has 1 rings (SSSR count). The molecule has 19 heavy (non-hydrogen) atoms. The Hall–Kier alpha value is -1.53. The SMILES string of the molecule is CCNC(C(C)C)C(O)c1ccc(F)c([N+](=O)[O-])c1. The molecule has 0 aromatic heterocycles. The summed E-state index contributed by atoms with van der Waals surface area (Å²) in [4.78, 5) is 9.91. The lowest BCUT2D eigenvalue weighted by Crippen LogP contribution is -2.39. The minimum atomic E-state index is -0.917. The lowest BCUT2D eigenvalue weighted by atomic mass is 9.93. The van der Waals surface area contributed by atoms with Gasteiger partial charge < -0.3 is 10.4 Å². The van der Waals surface area contributed by atoms with E-state index in [9.17, 15) is 19.6 Å². The summed E-state index contributed by atoms with van der Waals surface area (Å²) in [5.74, 6) is -0.760. The van der Waals surface area contributed by atoms with E-state index in [1.54, 1.807) is 0 Å². The van der Waals surface area contributed by atoms with Crippen molar-refractivity contribution in [2.24, 2.45) is 5.92 Å². The minimum Gasteiger partial charge on any atom is -0.387 e. The van der Waals surface area contributed by atoms with Crippen LogP contribution in [0.1, 0.15) is 32.4 Å². The molecule has 0 spiro atoms. The van der Waals surface area contributed by atoms with Gasteiger partial charge in [0.05, 0.1) is 11.0 Å². The van der Waals surface area contributed by atoms with Gasteiger partial charge in [0.15, 0.2) is 0 Å². The van der Waals surface area contributed by atoms with Crippen LogP contribution in [0.5, 0.6) is 0 Å². The Morgan fingerprint density at radius 1 is 1.47 bits per heavy atom. The van der Waals surface area contributed by atoms with Crippen LogP contribution in [0.3, 0.4) is 0 Å². The number of nitrogens with zero attached hydrogens (tertiary/aromatic N) is 1. The van der Waals surface area contributed by atoms with Crippen molar-refractivity contribution in [2.45, 2.75) is 32.9 Å². The highest BCUT2D eigenvalue weighted by molar-refractivity contribution is 5.37. The summed E-state index contributed by atoms with van der Waals surface area (Å²) in [6.45, 7) is 6.46. The first kappa shape index (κ1) is 15.5. The van der Waals surface area contributed by atoms with E-state index in [2.05, 4.69) is 5.32 Å². The summed E-state index contributed by atoms with van der Waals surface area (Å²) in [6, 6.07) is 3.24. The zero-order valence-electron chi connectivity index (χ0n) is 11.3. The predicted octanol–water partition coefficient (Wildman–Crippen LogP) is 2.40. The van der Waals surface area contributed by atoms with Crippen LogP contribution in [0.4, 0.5) is 10.1 Å². The molecule has 0 radical (unpaired) electrons. The maximum atomic E-state index is 13.3. The molecule has 0 aliphatic rings. The van der Waals surface area contributed by atoms with Gasteiger partial charge in [0.25, 0.3) is 0 Å². The number of nitro benzene ring substituents is 1. The van der Waals surface area contributed by atoms with E-state index in [1.165, 1.54) is 6.07 Å². The number of nitro groups is 1. The van der Waals surface area contributed by atoms with Crippen LogP contribution in [-0.4, -0.2) is 22.6 Å². The molecule has 1 aromatic carbocycles. The first-order valence-electron chi connectivity index (χ1n) is 6.23. The third kappa shape index (κ3) is 3.71. The lowest BCUT2D eigenvalue weighted by molar-refractivity contribution is -0.387. The summed E-state index contributed by atoms with van der Waals surface area (Å²) < 4.78 is 13.3. The number of hydrogen-bond donors (Lipinski definition) is 2. The number of aliphatic hydroxyl groups excluding tert-OH is 1. The molecule has 0 heterocycles. The Morgan fingerprint density at radius 3 is 2.58 bits per heavy atom. The van der Waals surface area contributed by atoms with Gasteiger partial charge in [-0.3, -0.25) is 10.1 Å². The first-order valence-corrected chi connectivity index (χ1v) is 6.23. The maximum absolute atomic E-state index is 13.3. The first-order chi connectivity index (χ1) is 8.88. The van der Waals surface area contributed by atoms with E-state index in [1.807, 2.05) is 20.8 Å². The number of rotatable bonds is 6. The van der Waals surface area contributed by atoms with E-state index in [0.717, 1.165) is 12.1 Å².